The van der Waals surface area contributed by atoms with Crippen molar-refractivity contribution in [3.05, 3.63) is 12.2 Å². The first kappa shape index (κ1) is 19.7. The molecule has 0 radical (unpaired) electrons. The van der Waals surface area contributed by atoms with E-state index in [0.717, 1.165) is 12.1 Å². The summed E-state index contributed by atoms with van der Waals surface area (Å²) in [6.07, 6.45) is 25.8. The van der Waals surface area contributed by atoms with Crippen LogP contribution in [0.15, 0.2) is 12.2 Å². The van der Waals surface area contributed by atoms with Gasteiger partial charge in [0.05, 0.1) is 0 Å². The van der Waals surface area contributed by atoms with E-state index in [4.69, 9.17) is 0 Å². The fourth-order valence-electron chi connectivity index (χ4n) is 3.58. The zero-order valence-electron chi connectivity index (χ0n) is 15.4. The molecule has 1 aliphatic heterocycles. The van der Waals surface area contributed by atoms with Crippen LogP contribution in [0.3, 0.4) is 0 Å². The Morgan fingerprint density at radius 1 is 0.818 bits per heavy atom. The highest BCUT2D eigenvalue weighted by atomic mass is 15.0. The van der Waals surface area contributed by atoms with Gasteiger partial charge >= 0.3 is 0 Å². The van der Waals surface area contributed by atoms with Gasteiger partial charge in [-0.2, -0.15) is 0 Å². The lowest BCUT2D eigenvalue weighted by atomic mass is 9.96. The highest BCUT2D eigenvalue weighted by molar-refractivity contribution is 4.83. The quantitative estimate of drug-likeness (QED) is 0.292. The molecule has 1 aliphatic rings. The lowest BCUT2D eigenvalue weighted by molar-refractivity contribution is 0.318. The van der Waals surface area contributed by atoms with Gasteiger partial charge in [-0.15, -0.1) is 0 Å². The second-order valence-electron chi connectivity index (χ2n) is 7.36. The summed E-state index contributed by atoms with van der Waals surface area (Å²) in [5.41, 5.74) is 0. The topological polar surface area (TPSA) is 12.0 Å². The van der Waals surface area contributed by atoms with Crippen molar-refractivity contribution in [2.75, 3.05) is 0 Å². The van der Waals surface area contributed by atoms with Crippen LogP contribution < -0.4 is 5.32 Å². The summed E-state index contributed by atoms with van der Waals surface area (Å²) < 4.78 is 0. The van der Waals surface area contributed by atoms with Crippen LogP contribution in [0, 0.1) is 0 Å². The van der Waals surface area contributed by atoms with E-state index in [2.05, 4.69) is 31.3 Å². The molecule has 1 fully saturated rings. The molecule has 1 saturated heterocycles. The maximum Gasteiger partial charge on any atom is 0.00696 e. The fraction of sp³-hybridized carbons (Fsp3) is 0.905. The van der Waals surface area contributed by atoms with Crippen molar-refractivity contribution < 1.29 is 0 Å². The van der Waals surface area contributed by atoms with Gasteiger partial charge in [-0.05, 0) is 51.9 Å². The average molecular weight is 308 g/mol. The standard InChI is InChI=1S/C21H41N/c1-3-4-5-6-7-8-9-10-11-12-13-14-15-18-21-19-16-17-20(2)22-21/h12-13,20-22H,3-11,14-19H2,1-2H3/b13-12+. The van der Waals surface area contributed by atoms with Crippen LogP contribution in [0.4, 0.5) is 0 Å². The Kier molecular flexibility index (Phi) is 12.8. The third kappa shape index (κ3) is 11.3. The molecule has 1 N–H and O–H groups in total. The van der Waals surface area contributed by atoms with E-state index in [1.165, 1.54) is 96.3 Å². The van der Waals surface area contributed by atoms with Crippen molar-refractivity contribution in [2.45, 2.75) is 122 Å². The van der Waals surface area contributed by atoms with Crippen LogP contribution in [0.25, 0.3) is 0 Å². The number of hydrogen-bond donors (Lipinski definition) is 1. The van der Waals surface area contributed by atoms with Gasteiger partial charge in [-0.3, -0.25) is 0 Å². The fourth-order valence-corrected chi connectivity index (χ4v) is 3.58. The van der Waals surface area contributed by atoms with Gasteiger partial charge in [0, 0.05) is 12.1 Å². The second kappa shape index (κ2) is 14.3. The molecule has 2 atom stereocenters. The summed E-state index contributed by atoms with van der Waals surface area (Å²) in [4.78, 5) is 0. The number of nitrogens with one attached hydrogen (secondary N) is 1. The Hall–Kier alpha value is -0.300. The first-order valence-corrected chi connectivity index (χ1v) is 10.2. The third-order valence-electron chi connectivity index (χ3n) is 5.02. The molecular weight excluding hydrogens is 266 g/mol. The monoisotopic (exact) mass is 307 g/mol. The molecule has 0 aromatic rings. The molecule has 0 aromatic heterocycles. The Labute approximate surface area is 140 Å². The van der Waals surface area contributed by atoms with E-state index in [1.54, 1.807) is 0 Å². The van der Waals surface area contributed by atoms with Crippen molar-refractivity contribution in [1.29, 1.82) is 0 Å². The number of piperidine rings is 1. The molecule has 0 aliphatic carbocycles. The summed E-state index contributed by atoms with van der Waals surface area (Å²) in [6.45, 7) is 4.62. The highest BCUT2D eigenvalue weighted by Crippen LogP contribution is 2.17. The Balaban J connectivity index is 1.80. The molecule has 2 unspecified atom stereocenters. The summed E-state index contributed by atoms with van der Waals surface area (Å²) >= 11 is 0. The van der Waals surface area contributed by atoms with Crippen LogP contribution in [-0.2, 0) is 0 Å². The van der Waals surface area contributed by atoms with Crippen LogP contribution >= 0.6 is 0 Å². The zero-order chi connectivity index (χ0) is 15.9. The first-order valence-electron chi connectivity index (χ1n) is 10.2. The van der Waals surface area contributed by atoms with E-state index >= 15 is 0 Å². The van der Waals surface area contributed by atoms with Gasteiger partial charge in [0.25, 0.3) is 0 Å². The number of unbranched alkanes of at least 4 members (excludes halogenated alkanes) is 9. The van der Waals surface area contributed by atoms with Crippen LogP contribution in [0.1, 0.15) is 110 Å². The molecule has 130 valence electrons. The summed E-state index contributed by atoms with van der Waals surface area (Å²) in [6, 6.07) is 1.54. The molecule has 0 aromatic carbocycles. The zero-order valence-corrected chi connectivity index (χ0v) is 15.4. The molecule has 1 heteroatoms. The van der Waals surface area contributed by atoms with Gasteiger partial charge < -0.3 is 5.32 Å². The van der Waals surface area contributed by atoms with Crippen molar-refractivity contribution >= 4 is 0 Å². The molecule has 1 rings (SSSR count). The van der Waals surface area contributed by atoms with E-state index in [0.29, 0.717) is 0 Å². The predicted octanol–water partition coefficient (Wildman–Crippen LogP) is 6.77. The van der Waals surface area contributed by atoms with Gasteiger partial charge in [0.1, 0.15) is 0 Å². The first-order chi connectivity index (χ1) is 10.8. The normalized spacial score (nSPS) is 22.5. The third-order valence-corrected chi connectivity index (χ3v) is 5.02. The van der Waals surface area contributed by atoms with Crippen LogP contribution in [-0.4, -0.2) is 12.1 Å². The Morgan fingerprint density at radius 3 is 2.14 bits per heavy atom. The SMILES string of the molecule is CCCCCCCCCC/C=C/CCCC1CCCC(C)N1. The van der Waals surface area contributed by atoms with Crippen LogP contribution in [0.2, 0.25) is 0 Å². The molecule has 0 spiro atoms. The molecular formula is C21H41N. The van der Waals surface area contributed by atoms with E-state index < -0.39 is 0 Å². The highest BCUT2D eigenvalue weighted by Gasteiger charge is 2.16. The molecule has 1 nitrogen and oxygen atoms in total. The lowest BCUT2D eigenvalue weighted by Gasteiger charge is -2.28. The van der Waals surface area contributed by atoms with Gasteiger partial charge in [0.15, 0.2) is 0 Å². The van der Waals surface area contributed by atoms with E-state index in [9.17, 15) is 0 Å². The number of rotatable bonds is 13. The van der Waals surface area contributed by atoms with Crippen molar-refractivity contribution in [1.82, 2.24) is 5.32 Å². The minimum absolute atomic E-state index is 0.747. The molecule has 0 bridgehead atoms. The molecule has 0 amide bonds. The van der Waals surface area contributed by atoms with Gasteiger partial charge in [0.2, 0.25) is 0 Å². The average Bonchev–Trinajstić information content (AvgIpc) is 2.52. The van der Waals surface area contributed by atoms with Crippen molar-refractivity contribution in [3.8, 4) is 0 Å². The summed E-state index contributed by atoms with van der Waals surface area (Å²) in [5.74, 6) is 0. The molecule has 1 heterocycles. The lowest BCUT2D eigenvalue weighted by Crippen LogP contribution is -2.40. The Morgan fingerprint density at radius 2 is 1.45 bits per heavy atom. The van der Waals surface area contributed by atoms with Gasteiger partial charge in [-0.1, -0.05) is 70.4 Å². The minimum Gasteiger partial charge on any atom is -0.312 e. The maximum absolute atomic E-state index is 3.74. The van der Waals surface area contributed by atoms with E-state index in [-0.39, 0.29) is 0 Å². The van der Waals surface area contributed by atoms with Crippen molar-refractivity contribution in [3.63, 3.8) is 0 Å². The van der Waals surface area contributed by atoms with Crippen molar-refractivity contribution in [2.24, 2.45) is 0 Å². The molecule has 22 heavy (non-hydrogen) atoms. The minimum atomic E-state index is 0.747. The smallest absolute Gasteiger partial charge is 0.00696 e. The number of allylic oxidation sites excluding steroid dienone is 2. The second-order valence-corrected chi connectivity index (χ2v) is 7.36. The summed E-state index contributed by atoms with van der Waals surface area (Å²) in [7, 11) is 0. The van der Waals surface area contributed by atoms with Gasteiger partial charge in [-0.25, -0.2) is 0 Å². The largest absolute Gasteiger partial charge is 0.312 e. The van der Waals surface area contributed by atoms with E-state index in [1.807, 2.05) is 0 Å². The molecule has 0 saturated carbocycles. The Bertz CT molecular complexity index is 259. The predicted molar refractivity (Wildman–Crippen MR) is 100 cm³/mol. The summed E-state index contributed by atoms with van der Waals surface area (Å²) in [5, 5.41) is 3.74. The number of hydrogen-bond acceptors (Lipinski definition) is 1. The van der Waals surface area contributed by atoms with Crippen LogP contribution in [0.5, 0.6) is 0 Å². The maximum atomic E-state index is 3.74.